The first-order valence-electron chi connectivity index (χ1n) is 24.7. The second-order valence-electron chi connectivity index (χ2n) is 15.0. The summed E-state index contributed by atoms with van der Waals surface area (Å²) in [7, 11) is 1.45. The Hall–Kier alpha value is -7.00. The number of carbonyl (C=O) groups is 8. The number of hydrogen-bond acceptors (Lipinski definition) is 20. The molecule has 0 unspecified atom stereocenters. The molecule has 5 aromatic rings. The van der Waals surface area contributed by atoms with Gasteiger partial charge in [-0.3, -0.25) is 38.9 Å². The Morgan fingerprint density at radius 3 is 1.28 bits per heavy atom. The Morgan fingerprint density at radius 2 is 0.967 bits per heavy atom. The monoisotopic (exact) mass is 1380 g/mol. The summed E-state index contributed by atoms with van der Waals surface area (Å²) in [5, 5.41) is 26.8. The first kappa shape index (κ1) is 96.1. The molecule has 0 saturated heterocycles. The number of halogens is 3. The molecule has 6 amide bonds. The minimum Gasteiger partial charge on any atom is -1.00 e. The Kier molecular flexibility index (Phi) is 68.4. The number of fused-ring (bicyclic) bond motifs is 2. The number of nitrogens with one attached hydrogen (secondary N) is 1. The summed E-state index contributed by atoms with van der Waals surface area (Å²) in [6.07, 6.45) is 27.7. The number of benzene rings is 5. The van der Waals surface area contributed by atoms with Crippen LogP contribution in [-0.4, -0.2) is 127 Å². The molecule has 7 rings (SSSR count). The van der Waals surface area contributed by atoms with Crippen LogP contribution in [0.25, 0.3) is 0 Å². The molecule has 2 aliphatic heterocycles. The van der Waals surface area contributed by atoms with E-state index in [1.165, 1.54) is 19.2 Å². The van der Waals surface area contributed by atoms with Crippen molar-refractivity contribution in [3.63, 3.8) is 0 Å². The molecule has 0 atom stereocenters. The molecule has 0 fully saturated rings. The van der Waals surface area contributed by atoms with Crippen molar-refractivity contribution in [2.24, 2.45) is 0 Å². The molecule has 2 aliphatic rings. The number of carbonyl (C=O) groups excluding carboxylic acids is 8. The largest absolute Gasteiger partial charge is 1.00 e. The zero-order valence-electron chi connectivity index (χ0n) is 51.3. The molecule has 5 aromatic carbocycles. The van der Waals surface area contributed by atoms with Crippen LogP contribution in [0.5, 0.6) is 0 Å². The minimum absolute atomic E-state index is 0. The number of nitrogens with zero attached hydrogens (tertiary/aromatic N) is 3. The van der Waals surface area contributed by atoms with E-state index in [9.17, 15) is 33.6 Å². The smallest absolute Gasteiger partial charge is 1.00 e. The molecule has 0 aliphatic carbocycles. The number of imide groups is 2. The average molecular weight is 1380 g/mol. The quantitative estimate of drug-likeness (QED) is 0.00682. The molecule has 92 heavy (non-hydrogen) atoms. The first-order valence-corrected chi connectivity index (χ1v) is 25.0. The van der Waals surface area contributed by atoms with Gasteiger partial charge in [0.25, 0.3) is 30.1 Å². The van der Waals surface area contributed by atoms with E-state index in [1.807, 2.05) is 104 Å². The number of aliphatic hydroxyl groups is 1. The van der Waals surface area contributed by atoms with E-state index in [4.69, 9.17) is 88.0 Å². The van der Waals surface area contributed by atoms with Crippen molar-refractivity contribution in [3.8, 4) is 74.1 Å². The van der Waals surface area contributed by atoms with Crippen molar-refractivity contribution >= 4 is 59.3 Å². The third kappa shape index (κ3) is 46.1. The van der Waals surface area contributed by atoms with Crippen LogP contribution < -0.4 is 144 Å². The zero-order valence-corrected chi connectivity index (χ0v) is 58.8. The van der Waals surface area contributed by atoms with Crippen LogP contribution in [0.2, 0.25) is 0 Å². The van der Waals surface area contributed by atoms with Crippen molar-refractivity contribution in [2.45, 2.75) is 26.7 Å². The third-order valence-corrected chi connectivity index (χ3v) is 9.14. The fourth-order valence-corrected chi connectivity index (χ4v) is 5.44. The summed E-state index contributed by atoms with van der Waals surface area (Å²) in [5.41, 5.74) is 5.24. The number of amides is 6. The Balaban J connectivity index is -0.000000184. The topological polar surface area (TPSA) is 333 Å². The molecule has 0 spiro atoms. The number of hydroxylamine groups is 7. The maximum atomic E-state index is 11.6. The second-order valence-corrected chi connectivity index (χ2v) is 15.3. The SMILES string of the molecule is C#CCO.C#CCOCC.C#CCON(C)C(=O)OCc1ccccc1.C#CCON1C(=O)c2ccccc2C1=O.C#CCONC(=O)OCc1ccccc1.C#CCO[NH3+].O=C(Cl)OCc1ccccc1.O=C1c2ccccc2C(=O)N1O.O=CO[O-].[Cl-].[Cl-].[H-].[K+].[K+]. The predicted molar refractivity (Wildman–Crippen MR) is 314 cm³/mol. The van der Waals surface area contributed by atoms with Crippen LogP contribution in [0.3, 0.4) is 0 Å². The van der Waals surface area contributed by atoms with Gasteiger partial charge in [0.15, 0.2) is 6.61 Å². The van der Waals surface area contributed by atoms with Gasteiger partial charge < -0.3 is 60.4 Å². The van der Waals surface area contributed by atoms with Crippen LogP contribution in [0.15, 0.2) is 140 Å². The standard InChI is InChI=1S/C12H13NO3.C11H7NO3.C11H11NO3.C8H7ClO2.C8H5NO3.C5H8O.C3H6NO.C3H4O.CH2O3.2ClH.2K.H/c1-3-9-16-13(2)12(14)15-10-11-7-5-4-6-8-11;1-2-7-15-12-10(13)8-5-3-4-6-9(8)11(12)14;1-2-8-15-12-11(13)14-9-10-6-4-3-5-7-10;9-8(10)11-6-7-4-2-1-3-5-7;10-7-5-3-1-2-4-6(5)8(11)9(7)12;1-3-5-6-4-2;1-2-3-5-4;1-2-3-4;2-1-4-3;;;;;/h1,4-8H,9-10H2,2H3;1,3-6H,7H2;1,3-7H,8-9H2,(H,12,13);1-5H,6H2;1-4,12H;1H,4-5H2,2H3;1H,3H2,4H3;1,4H,3H2;1,3H;2*1H;;;/q;;;;;;+1;;;;;2*+1;-1/p-3. The van der Waals surface area contributed by atoms with E-state index < -0.39 is 41.2 Å². The summed E-state index contributed by atoms with van der Waals surface area (Å²) in [6, 6.07) is 40.9. The van der Waals surface area contributed by atoms with Gasteiger partial charge in [-0.05, 0) is 47.9 Å². The van der Waals surface area contributed by atoms with Crippen molar-refractivity contribution in [3.05, 3.63) is 178 Å². The molecular weight excluding hydrogens is 1320 g/mol. The van der Waals surface area contributed by atoms with Crippen LogP contribution in [0, 0.1) is 74.1 Å². The Labute approximate surface area is 637 Å². The van der Waals surface area contributed by atoms with Gasteiger partial charge in [-0.25, -0.2) is 25.1 Å². The number of aliphatic hydroxyl groups excluding tert-OH is 1. The van der Waals surface area contributed by atoms with Gasteiger partial charge in [0, 0.05) is 25.3 Å². The number of ether oxygens (including phenoxy) is 4. The number of rotatable bonds is 16. The van der Waals surface area contributed by atoms with Gasteiger partial charge in [0.05, 0.1) is 22.3 Å². The van der Waals surface area contributed by atoms with Crippen LogP contribution in [0.4, 0.5) is 14.4 Å². The van der Waals surface area contributed by atoms with Gasteiger partial charge in [0.2, 0.25) is 0 Å². The Bertz CT molecular complexity index is 3090. The van der Waals surface area contributed by atoms with Gasteiger partial charge >= 0.3 is 120 Å². The summed E-state index contributed by atoms with van der Waals surface area (Å²) < 4.78 is 19.1. The van der Waals surface area contributed by atoms with E-state index in [0.717, 1.165) is 21.8 Å². The maximum Gasteiger partial charge on any atom is 1.00 e. The average Bonchev–Trinajstić information content (AvgIpc) is 1.66. The van der Waals surface area contributed by atoms with Crippen LogP contribution in [-0.2, 0) is 67.8 Å². The normalized spacial score (nSPS) is 9.71. The molecule has 6 N–H and O–H groups in total. The van der Waals surface area contributed by atoms with Crippen molar-refractivity contribution in [1.29, 1.82) is 0 Å². The summed E-state index contributed by atoms with van der Waals surface area (Å²) in [5.74, 6) is 14.0. The van der Waals surface area contributed by atoms with Crippen molar-refractivity contribution < 1.29 is 232 Å². The van der Waals surface area contributed by atoms with Crippen molar-refractivity contribution in [2.75, 3.05) is 53.3 Å². The van der Waals surface area contributed by atoms with E-state index >= 15 is 0 Å². The molecule has 0 aromatic heterocycles. The molecular formula is C62H63Cl3K2N5O20-. The van der Waals surface area contributed by atoms with Gasteiger partial charge in [-0.1, -0.05) is 151 Å². The van der Waals surface area contributed by atoms with Gasteiger partial charge in [0.1, 0.15) is 52.9 Å². The van der Waals surface area contributed by atoms with E-state index in [0.29, 0.717) is 36.0 Å². The molecule has 25 nitrogen and oxygen atoms in total. The second kappa shape index (κ2) is 65.5. The Morgan fingerprint density at radius 1 is 0.609 bits per heavy atom. The van der Waals surface area contributed by atoms with E-state index in [2.05, 4.69) is 66.7 Å². The van der Waals surface area contributed by atoms with Crippen molar-refractivity contribution in [1.82, 2.24) is 20.7 Å². The number of hydrogen-bond donors (Lipinski definition) is 4. The molecule has 2 heterocycles. The fraction of sp³-hybridized carbons (Fsp3) is 0.194. The van der Waals surface area contributed by atoms with Gasteiger partial charge in [-0.2, -0.15) is 15.4 Å². The zero-order chi connectivity index (χ0) is 66.2. The molecule has 0 bridgehead atoms. The van der Waals surface area contributed by atoms with Gasteiger partial charge in [-0.15, -0.1) is 48.7 Å². The summed E-state index contributed by atoms with van der Waals surface area (Å²) >= 11 is 4.97. The predicted octanol–water partition coefficient (Wildman–Crippen LogP) is -7.00. The number of terminal acetylenes is 6. The summed E-state index contributed by atoms with van der Waals surface area (Å²) in [4.78, 5) is 108. The summed E-state index contributed by atoms with van der Waals surface area (Å²) in [6.45, 7) is 3.64. The van der Waals surface area contributed by atoms with Crippen LogP contribution >= 0.6 is 11.6 Å². The maximum absolute atomic E-state index is 11.6. The van der Waals surface area contributed by atoms with E-state index in [-0.39, 0.29) is 198 Å². The fourth-order valence-electron chi connectivity index (χ4n) is 5.38. The third-order valence-electron chi connectivity index (χ3n) is 9.03. The first-order chi connectivity index (χ1) is 42.5. The molecule has 0 radical (unpaired) electrons. The molecule has 0 saturated carbocycles. The minimum atomic E-state index is -0.770. The van der Waals surface area contributed by atoms with Crippen LogP contribution in [0.1, 0.15) is 66.5 Å². The number of quaternary nitrogens is 1. The van der Waals surface area contributed by atoms with E-state index in [1.54, 1.807) is 36.4 Å². The molecule has 30 heteroatoms. The molecule has 480 valence electrons.